The van der Waals surface area contributed by atoms with Gasteiger partial charge in [0, 0.05) is 12.6 Å². The summed E-state index contributed by atoms with van der Waals surface area (Å²) in [6.45, 7) is 0. The van der Waals surface area contributed by atoms with Gasteiger partial charge in [-0.1, -0.05) is 30.3 Å². The number of rotatable bonds is 1. The zero-order chi connectivity index (χ0) is 13.4. The molecule has 0 aliphatic carbocycles. The molecule has 2 aromatic heterocycles. The first-order valence-corrected chi connectivity index (χ1v) is 5.68. The van der Waals surface area contributed by atoms with E-state index in [0.29, 0.717) is 5.69 Å². The minimum atomic E-state index is -0.503. The van der Waals surface area contributed by atoms with E-state index in [1.54, 1.807) is 0 Å². The predicted molar refractivity (Wildman–Crippen MR) is 70.8 cm³/mol. The van der Waals surface area contributed by atoms with Crippen LogP contribution in [-0.2, 0) is 7.05 Å². The Morgan fingerprint density at radius 2 is 1.89 bits per heavy atom. The van der Waals surface area contributed by atoms with Crippen molar-refractivity contribution in [2.24, 2.45) is 7.05 Å². The van der Waals surface area contributed by atoms with E-state index in [0.717, 1.165) is 10.1 Å². The number of aromatic nitrogens is 4. The molecule has 94 valence electrons. The highest BCUT2D eigenvalue weighted by Gasteiger charge is 2.08. The van der Waals surface area contributed by atoms with Crippen LogP contribution in [0.5, 0.6) is 0 Å². The van der Waals surface area contributed by atoms with E-state index >= 15 is 0 Å². The topological polar surface area (TPSA) is 80.6 Å². The van der Waals surface area contributed by atoms with Crippen LogP contribution in [0.1, 0.15) is 0 Å². The lowest BCUT2D eigenvalue weighted by Gasteiger charge is -2.03. The Bertz CT molecular complexity index is 865. The normalized spacial score (nSPS) is 10.8. The molecule has 0 unspecified atom stereocenters. The molecule has 0 aliphatic rings. The molecule has 0 spiro atoms. The second-order valence-corrected chi connectivity index (χ2v) is 4.11. The number of hydrogen-bond acceptors (Lipinski definition) is 4. The molecule has 6 heteroatoms. The van der Waals surface area contributed by atoms with Crippen LogP contribution in [0.3, 0.4) is 0 Å². The van der Waals surface area contributed by atoms with E-state index in [-0.39, 0.29) is 11.2 Å². The zero-order valence-corrected chi connectivity index (χ0v) is 10.1. The summed E-state index contributed by atoms with van der Waals surface area (Å²) in [6, 6.07) is 9.43. The van der Waals surface area contributed by atoms with Crippen LogP contribution in [0.25, 0.3) is 22.4 Å². The SMILES string of the molecule is Cn1c(=O)[nH]c2nc(-c3ccccc3)cnc2c1=O. The molecule has 1 aromatic carbocycles. The molecule has 0 saturated carbocycles. The average molecular weight is 254 g/mol. The van der Waals surface area contributed by atoms with Gasteiger partial charge in [0.25, 0.3) is 5.56 Å². The Kier molecular flexibility index (Phi) is 2.49. The molecule has 6 nitrogen and oxygen atoms in total. The Balaban J connectivity index is 2.31. The molecule has 19 heavy (non-hydrogen) atoms. The first-order chi connectivity index (χ1) is 9.16. The zero-order valence-electron chi connectivity index (χ0n) is 10.1. The minimum Gasteiger partial charge on any atom is -0.290 e. The van der Waals surface area contributed by atoms with E-state index in [2.05, 4.69) is 15.0 Å². The van der Waals surface area contributed by atoms with E-state index < -0.39 is 11.2 Å². The summed E-state index contributed by atoms with van der Waals surface area (Å²) >= 11 is 0. The quantitative estimate of drug-likeness (QED) is 0.692. The largest absolute Gasteiger partial charge is 0.329 e. The third-order valence-corrected chi connectivity index (χ3v) is 2.88. The fourth-order valence-electron chi connectivity index (χ4n) is 1.82. The second kappa shape index (κ2) is 4.16. The number of H-pyrrole nitrogens is 1. The lowest BCUT2D eigenvalue weighted by molar-refractivity contribution is 0.787. The highest BCUT2D eigenvalue weighted by Crippen LogP contribution is 2.15. The molecular weight excluding hydrogens is 244 g/mol. The molecule has 0 aliphatic heterocycles. The van der Waals surface area contributed by atoms with Crippen molar-refractivity contribution in [2.75, 3.05) is 0 Å². The molecule has 2 heterocycles. The molecule has 3 aromatic rings. The fourth-order valence-corrected chi connectivity index (χ4v) is 1.82. The number of nitrogens with zero attached hydrogens (tertiary/aromatic N) is 3. The number of fused-ring (bicyclic) bond motifs is 1. The van der Waals surface area contributed by atoms with Crippen molar-refractivity contribution >= 4 is 11.2 Å². The fraction of sp³-hybridized carbons (Fsp3) is 0.0769. The Hall–Kier alpha value is -2.76. The molecule has 0 radical (unpaired) electrons. The van der Waals surface area contributed by atoms with Crippen LogP contribution < -0.4 is 11.2 Å². The van der Waals surface area contributed by atoms with Gasteiger partial charge in [-0.15, -0.1) is 0 Å². The van der Waals surface area contributed by atoms with Crippen molar-refractivity contribution in [1.29, 1.82) is 0 Å². The van der Waals surface area contributed by atoms with E-state index in [4.69, 9.17) is 0 Å². The van der Waals surface area contributed by atoms with Gasteiger partial charge in [0.1, 0.15) is 0 Å². The molecule has 3 rings (SSSR count). The van der Waals surface area contributed by atoms with Crippen LogP contribution in [0.4, 0.5) is 0 Å². The van der Waals surface area contributed by atoms with Crippen molar-refractivity contribution in [2.45, 2.75) is 0 Å². The Morgan fingerprint density at radius 3 is 2.63 bits per heavy atom. The van der Waals surface area contributed by atoms with Crippen molar-refractivity contribution in [3.63, 3.8) is 0 Å². The Labute approximate surface area is 107 Å². The molecule has 0 atom stereocenters. The molecule has 1 N–H and O–H groups in total. The van der Waals surface area contributed by atoms with Crippen molar-refractivity contribution < 1.29 is 0 Å². The standard InChI is InChI=1S/C13H10N4O2/c1-17-12(18)10-11(16-13(17)19)15-9(7-14-10)8-5-3-2-4-6-8/h2-7H,1H3,(H,15,16,19). The van der Waals surface area contributed by atoms with E-state index in [9.17, 15) is 9.59 Å². The van der Waals surface area contributed by atoms with Crippen LogP contribution in [0, 0.1) is 0 Å². The maximum atomic E-state index is 11.8. The van der Waals surface area contributed by atoms with Gasteiger partial charge in [0.2, 0.25) is 0 Å². The summed E-state index contributed by atoms with van der Waals surface area (Å²) in [5, 5.41) is 0. The van der Waals surface area contributed by atoms with Gasteiger partial charge in [-0.25, -0.2) is 14.8 Å². The van der Waals surface area contributed by atoms with Gasteiger partial charge in [0.05, 0.1) is 11.9 Å². The summed E-state index contributed by atoms with van der Waals surface area (Å²) < 4.78 is 0.971. The molecule has 0 bridgehead atoms. The van der Waals surface area contributed by atoms with Crippen LogP contribution in [-0.4, -0.2) is 19.5 Å². The lowest BCUT2D eigenvalue weighted by Crippen LogP contribution is -2.33. The Morgan fingerprint density at radius 1 is 1.16 bits per heavy atom. The molecule has 0 fully saturated rings. The molecule has 0 saturated heterocycles. The van der Waals surface area contributed by atoms with Gasteiger partial charge < -0.3 is 0 Å². The number of aromatic amines is 1. The van der Waals surface area contributed by atoms with E-state index in [1.165, 1.54) is 13.2 Å². The summed E-state index contributed by atoms with van der Waals surface area (Å²) in [7, 11) is 1.40. The third kappa shape index (κ3) is 1.83. The lowest BCUT2D eigenvalue weighted by atomic mass is 10.2. The van der Waals surface area contributed by atoms with Crippen molar-refractivity contribution in [3.05, 3.63) is 57.4 Å². The maximum absolute atomic E-state index is 11.8. The van der Waals surface area contributed by atoms with Gasteiger partial charge in [0.15, 0.2) is 11.2 Å². The predicted octanol–water partition coefficient (Wildman–Crippen LogP) is 0.684. The summed E-state index contributed by atoms with van der Waals surface area (Å²) in [4.78, 5) is 34.3. The number of nitrogens with one attached hydrogen (secondary N) is 1. The summed E-state index contributed by atoms with van der Waals surface area (Å²) in [6.07, 6.45) is 1.53. The van der Waals surface area contributed by atoms with Gasteiger partial charge in [-0.2, -0.15) is 0 Å². The maximum Gasteiger partial charge on any atom is 0.329 e. The summed E-state index contributed by atoms with van der Waals surface area (Å²) in [5.41, 5.74) is 0.884. The average Bonchev–Trinajstić information content (AvgIpc) is 2.45. The highest BCUT2D eigenvalue weighted by molar-refractivity contribution is 5.72. The number of hydrogen-bond donors (Lipinski definition) is 1. The summed E-state index contributed by atoms with van der Waals surface area (Å²) in [5.74, 6) is 0. The molecule has 0 amide bonds. The molecular formula is C13H10N4O2. The highest BCUT2D eigenvalue weighted by atomic mass is 16.2. The first kappa shape index (κ1) is 11.3. The van der Waals surface area contributed by atoms with Crippen LogP contribution >= 0.6 is 0 Å². The second-order valence-electron chi connectivity index (χ2n) is 4.11. The van der Waals surface area contributed by atoms with Crippen LogP contribution in [0.2, 0.25) is 0 Å². The number of benzene rings is 1. The van der Waals surface area contributed by atoms with Crippen molar-refractivity contribution in [3.8, 4) is 11.3 Å². The van der Waals surface area contributed by atoms with Crippen LogP contribution in [0.15, 0.2) is 46.1 Å². The first-order valence-electron chi connectivity index (χ1n) is 5.68. The minimum absolute atomic E-state index is 0.154. The van der Waals surface area contributed by atoms with Crippen molar-refractivity contribution in [1.82, 2.24) is 19.5 Å². The van der Waals surface area contributed by atoms with E-state index in [1.807, 2.05) is 30.3 Å². The monoisotopic (exact) mass is 254 g/mol. The van der Waals surface area contributed by atoms with Gasteiger partial charge >= 0.3 is 5.69 Å². The third-order valence-electron chi connectivity index (χ3n) is 2.88. The van der Waals surface area contributed by atoms with Gasteiger partial charge in [-0.05, 0) is 0 Å². The van der Waals surface area contributed by atoms with Gasteiger partial charge in [-0.3, -0.25) is 14.3 Å². The smallest absolute Gasteiger partial charge is 0.290 e.